The molecule has 1 heterocycles. The average molecular weight is 374 g/mol. The Morgan fingerprint density at radius 3 is 2.88 bits per heavy atom. The molecule has 1 amide bonds. The van der Waals surface area contributed by atoms with Crippen molar-refractivity contribution in [1.29, 1.82) is 0 Å². The third kappa shape index (κ3) is 3.85. The first-order valence-corrected chi connectivity index (χ1v) is 10.1. The highest BCUT2D eigenvalue weighted by Crippen LogP contribution is 2.25. The zero-order valence-electron chi connectivity index (χ0n) is 14.8. The molecular weight excluding hydrogens is 352 g/mol. The third-order valence-electron chi connectivity index (χ3n) is 4.55. The third-order valence-corrected chi connectivity index (χ3v) is 5.90. The maximum atomic E-state index is 12.5. The zero-order chi connectivity index (χ0) is 18.7. The number of amides is 1. The Bertz CT molecular complexity index is 928. The van der Waals surface area contributed by atoms with Crippen molar-refractivity contribution >= 4 is 21.6 Å². The molecule has 0 saturated heterocycles. The van der Waals surface area contributed by atoms with Crippen molar-refractivity contribution < 1.29 is 13.2 Å². The highest BCUT2D eigenvalue weighted by molar-refractivity contribution is 7.90. The van der Waals surface area contributed by atoms with Gasteiger partial charge in [0.15, 0.2) is 0 Å². The van der Waals surface area contributed by atoms with Gasteiger partial charge >= 0.3 is 0 Å². The first-order chi connectivity index (χ1) is 12.4. The predicted octanol–water partition coefficient (Wildman–Crippen LogP) is 1.69. The Morgan fingerprint density at radius 1 is 1.35 bits per heavy atom. The summed E-state index contributed by atoms with van der Waals surface area (Å²) in [6.07, 6.45) is 4.20. The summed E-state index contributed by atoms with van der Waals surface area (Å²) < 4.78 is 27.2. The summed E-state index contributed by atoms with van der Waals surface area (Å²) in [4.78, 5) is 21.4. The highest BCUT2D eigenvalue weighted by atomic mass is 32.2. The van der Waals surface area contributed by atoms with E-state index in [4.69, 9.17) is 0 Å². The van der Waals surface area contributed by atoms with E-state index in [0.717, 1.165) is 23.5 Å². The fraction of sp³-hybridized carbons (Fsp3) is 0.389. The second-order valence-electron chi connectivity index (χ2n) is 6.30. The van der Waals surface area contributed by atoms with Gasteiger partial charge in [-0.1, -0.05) is 13.0 Å². The summed E-state index contributed by atoms with van der Waals surface area (Å²) in [6, 6.07) is 6.34. The maximum Gasteiger partial charge on any atom is 0.264 e. The molecular formula is C18H22N4O3S. The van der Waals surface area contributed by atoms with Crippen molar-refractivity contribution in [2.24, 2.45) is 5.92 Å². The van der Waals surface area contributed by atoms with Gasteiger partial charge in [0.05, 0.1) is 4.90 Å². The van der Waals surface area contributed by atoms with Gasteiger partial charge in [0.1, 0.15) is 5.82 Å². The summed E-state index contributed by atoms with van der Waals surface area (Å²) in [6.45, 7) is 1.99. The number of carbonyl (C=O) groups is 1. The van der Waals surface area contributed by atoms with Crippen molar-refractivity contribution in [3.8, 4) is 0 Å². The van der Waals surface area contributed by atoms with Gasteiger partial charge in [-0.05, 0) is 43.0 Å². The number of carbonyl (C=O) groups excluding carboxylic acids is 1. The van der Waals surface area contributed by atoms with Crippen LogP contribution in [0.25, 0.3) is 0 Å². The van der Waals surface area contributed by atoms with E-state index >= 15 is 0 Å². The topological polar surface area (TPSA) is 101 Å². The Kier molecular flexibility index (Phi) is 5.22. The number of hydrogen-bond donors (Lipinski definition) is 2. The lowest BCUT2D eigenvalue weighted by Gasteiger charge is -2.23. The van der Waals surface area contributed by atoms with E-state index in [2.05, 4.69) is 20.0 Å². The normalized spacial score (nSPS) is 16.6. The summed E-state index contributed by atoms with van der Waals surface area (Å²) >= 11 is 0. The van der Waals surface area contributed by atoms with Crippen LogP contribution in [0.5, 0.6) is 0 Å². The van der Waals surface area contributed by atoms with E-state index in [1.54, 1.807) is 25.4 Å². The van der Waals surface area contributed by atoms with Crippen LogP contribution < -0.4 is 10.0 Å². The number of nitrogens with zero attached hydrogens (tertiary/aromatic N) is 2. The number of aromatic nitrogens is 2. The smallest absolute Gasteiger partial charge is 0.264 e. The van der Waals surface area contributed by atoms with E-state index in [0.29, 0.717) is 24.9 Å². The minimum atomic E-state index is -3.90. The van der Waals surface area contributed by atoms with E-state index in [1.807, 2.05) is 6.92 Å². The Balaban J connectivity index is 1.73. The minimum absolute atomic E-state index is 0.0600. The lowest BCUT2D eigenvalue weighted by Crippen LogP contribution is -2.38. The number of anilines is 1. The van der Waals surface area contributed by atoms with Crippen molar-refractivity contribution in [2.45, 2.75) is 37.5 Å². The first kappa shape index (κ1) is 18.3. The zero-order valence-corrected chi connectivity index (χ0v) is 15.6. The number of aryl methyl sites for hydroxylation is 2. The molecule has 7 nitrogen and oxygen atoms in total. The fourth-order valence-corrected chi connectivity index (χ4v) is 4.13. The number of benzene rings is 1. The summed E-state index contributed by atoms with van der Waals surface area (Å²) in [7, 11) is -2.20. The number of sulfonamides is 1. The number of fused-ring (bicyclic) bond motifs is 1. The SMILES string of the molecule is CCc1ncc2c(n1)CCC(C(=O)NS(=O)(=O)c1cccc(NC)c1)C2. The van der Waals surface area contributed by atoms with Gasteiger partial charge in [0.25, 0.3) is 10.0 Å². The fourth-order valence-electron chi connectivity index (χ4n) is 3.04. The molecule has 0 spiro atoms. The lowest BCUT2D eigenvalue weighted by atomic mass is 9.87. The van der Waals surface area contributed by atoms with Crippen LogP contribution in [0.1, 0.15) is 30.4 Å². The monoisotopic (exact) mass is 374 g/mol. The molecule has 1 aromatic heterocycles. The van der Waals surface area contributed by atoms with Gasteiger partial charge in [-0.2, -0.15) is 0 Å². The Morgan fingerprint density at radius 2 is 2.15 bits per heavy atom. The van der Waals surface area contributed by atoms with Gasteiger partial charge in [-0.15, -0.1) is 0 Å². The van der Waals surface area contributed by atoms with E-state index in [1.165, 1.54) is 12.1 Å². The largest absolute Gasteiger partial charge is 0.388 e. The molecule has 26 heavy (non-hydrogen) atoms. The van der Waals surface area contributed by atoms with Crippen LogP contribution in [0.2, 0.25) is 0 Å². The van der Waals surface area contributed by atoms with Crippen molar-refractivity contribution in [3.63, 3.8) is 0 Å². The number of nitrogens with one attached hydrogen (secondary N) is 2. The Labute approximate surface area is 153 Å². The van der Waals surface area contributed by atoms with Gasteiger partial charge < -0.3 is 5.32 Å². The minimum Gasteiger partial charge on any atom is -0.388 e. The van der Waals surface area contributed by atoms with Crippen LogP contribution in [-0.2, 0) is 34.1 Å². The van der Waals surface area contributed by atoms with E-state index < -0.39 is 21.8 Å². The molecule has 1 aromatic carbocycles. The van der Waals surface area contributed by atoms with Gasteiger partial charge in [0.2, 0.25) is 5.91 Å². The standard InChI is InChI=1S/C18H22N4O3S/c1-3-17-20-11-13-9-12(7-8-16(13)21-17)18(23)22-26(24,25)15-6-4-5-14(10-15)19-2/h4-6,10-12,19H,3,7-9H2,1-2H3,(H,22,23). The molecule has 1 atom stereocenters. The summed E-state index contributed by atoms with van der Waals surface area (Å²) in [5, 5.41) is 2.89. The molecule has 3 rings (SSSR count). The van der Waals surface area contributed by atoms with Crippen LogP contribution in [0.3, 0.4) is 0 Å². The van der Waals surface area contributed by atoms with Crippen molar-refractivity contribution in [1.82, 2.24) is 14.7 Å². The van der Waals surface area contributed by atoms with Gasteiger partial charge in [0, 0.05) is 37.0 Å². The molecule has 1 aliphatic carbocycles. The summed E-state index contributed by atoms with van der Waals surface area (Å²) in [5.41, 5.74) is 2.55. The maximum absolute atomic E-state index is 12.5. The van der Waals surface area contributed by atoms with Crippen LogP contribution in [0.4, 0.5) is 5.69 Å². The molecule has 8 heteroatoms. The second-order valence-corrected chi connectivity index (χ2v) is 7.98. The molecule has 1 unspecified atom stereocenters. The molecule has 0 aliphatic heterocycles. The lowest BCUT2D eigenvalue weighted by molar-refractivity contribution is -0.123. The molecule has 0 fully saturated rings. The molecule has 138 valence electrons. The second kappa shape index (κ2) is 7.41. The number of hydrogen-bond acceptors (Lipinski definition) is 6. The number of rotatable bonds is 5. The van der Waals surface area contributed by atoms with Crippen LogP contribution in [-0.4, -0.2) is 31.3 Å². The molecule has 2 N–H and O–H groups in total. The molecule has 0 radical (unpaired) electrons. The highest BCUT2D eigenvalue weighted by Gasteiger charge is 2.29. The average Bonchev–Trinajstić information content (AvgIpc) is 2.66. The van der Waals surface area contributed by atoms with Crippen LogP contribution >= 0.6 is 0 Å². The van der Waals surface area contributed by atoms with Gasteiger partial charge in [-0.3, -0.25) is 4.79 Å². The van der Waals surface area contributed by atoms with Crippen molar-refractivity contribution in [2.75, 3.05) is 12.4 Å². The van der Waals surface area contributed by atoms with E-state index in [-0.39, 0.29) is 4.90 Å². The molecule has 2 aromatic rings. The van der Waals surface area contributed by atoms with Gasteiger partial charge in [-0.25, -0.2) is 23.1 Å². The van der Waals surface area contributed by atoms with Crippen LogP contribution in [0.15, 0.2) is 35.4 Å². The summed E-state index contributed by atoms with van der Waals surface area (Å²) in [5.74, 6) is -0.0930. The van der Waals surface area contributed by atoms with Crippen LogP contribution in [0, 0.1) is 5.92 Å². The Hall–Kier alpha value is -2.48. The molecule has 1 aliphatic rings. The quantitative estimate of drug-likeness (QED) is 0.826. The molecule has 0 bridgehead atoms. The molecule has 0 saturated carbocycles. The van der Waals surface area contributed by atoms with E-state index in [9.17, 15) is 13.2 Å². The first-order valence-electron chi connectivity index (χ1n) is 8.61. The predicted molar refractivity (Wildman–Crippen MR) is 98.2 cm³/mol. The van der Waals surface area contributed by atoms with Crippen molar-refractivity contribution in [3.05, 3.63) is 47.5 Å².